The number of aryl methyl sites for hydroxylation is 1. The van der Waals surface area contributed by atoms with Crippen LogP contribution in [0.25, 0.3) is 0 Å². The fourth-order valence-corrected chi connectivity index (χ4v) is 1.93. The molecule has 104 valence electrons. The Morgan fingerprint density at radius 1 is 1.47 bits per heavy atom. The molecule has 3 N–H and O–H groups in total. The van der Waals surface area contributed by atoms with E-state index in [1.165, 1.54) is 6.07 Å². The number of aliphatic hydroxyl groups is 1. The molecule has 7 heteroatoms. The average Bonchev–Trinajstić information content (AvgIpc) is 2.37. The molecular formula is C12H17N3O4. The lowest BCUT2D eigenvalue weighted by Gasteiger charge is -2.32. The van der Waals surface area contributed by atoms with Crippen molar-refractivity contribution in [2.75, 3.05) is 25.1 Å². The fourth-order valence-electron chi connectivity index (χ4n) is 1.93. The van der Waals surface area contributed by atoms with Gasteiger partial charge in [-0.25, -0.2) is 14.8 Å². The molecule has 1 aliphatic rings. The Kier molecular flexibility index (Phi) is 3.96. The summed E-state index contributed by atoms with van der Waals surface area (Å²) in [6.45, 7) is 3.02. The normalized spacial score (nSPS) is 18.0. The highest BCUT2D eigenvalue weighted by Gasteiger charge is 2.29. The Hall–Kier alpha value is -1.73. The molecule has 1 aliphatic heterocycles. The standard InChI is InChI=1S/C12H17N3O4/c1-8-6-9(10(16)17)15-11(14-8)13-7-12(18)2-4-19-5-3-12/h6,18H,2-5,7H2,1H3,(H,16,17)(H,13,14,15). The minimum absolute atomic E-state index is 0.0611. The van der Waals surface area contributed by atoms with E-state index < -0.39 is 11.6 Å². The molecule has 0 saturated carbocycles. The number of aromatic nitrogens is 2. The predicted molar refractivity (Wildman–Crippen MR) is 67.2 cm³/mol. The molecule has 0 aromatic carbocycles. The highest BCUT2D eigenvalue weighted by atomic mass is 16.5. The van der Waals surface area contributed by atoms with Gasteiger partial charge < -0.3 is 20.3 Å². The number of aromatic carboxylic acids is 1. The SMILES string of the molecule is Cc1cc(C(=O)O)nc(NCC2(O)CCOCC2)n1. The van der Waals surface area contributed by atoms with Crippen LogP contribution in [0, 0.1) is 6.92 Å². The highest BCUT2D eigenvalue weighted by molar-refractivity contribution is 5.85. The molecule has 0 aliphatic carbocycles. The second-order valence-electron chi connectivity index (χ2n) is 4.71. The van der Waals surface area contributed by atoms with Gasteiger partial charge in [0.15, 0.2) is 5.69 Å². The number of carboxylic acids is 1. The van der Waals surface area contributed by atoms with Gasteiger partial charge in [0.2, 0.25) is 5.95 Å². The summed E-state index contributed by atoms with van der Waals surface area (Å²) in [6, 6.07) is 1.40. The Morgan fingerprint density at radius 2 is 2.16 bits per heavy atom. The average molecular weight is 267 g/mol. The predicted octanol–water partition coefficient (Wildman–Crippen LogP) is 0.437. The summed E-state index contributed by atoms with van der Waals surface area (Å²) >= 11 is 0. The number of rotatable bonds is 4. The molecule has 0 amide bonds. The van der Waals surface area contributed by atoms with Gasteiger partial charge in [-0.1, -0.05) is 0 Å². The number of ether oxygens (including phenoxy) is 1. The first-order valence-electron chi connectivity index (χ1n) is 6.11. The monoisotopic (exact) mass is 267 g/mol. The maximum atomic E-state index is 10.9. The van der Waals surface area contributed by atoms with Crippen molar-refractivity contribution in [1.29, 1.82) is 0 Å². The Balaban J connectivity index is 2.04. The van der Waals surface area contributed by atoms with Gasteiger partial charge in [0.1, 0.15) is 0 Å². The molecule has 2 rings (SSSR count). The smallest absolute Gasteiger partial charge is 0.354 e. The van der Waals surface area contributed by atoms with Crippen molar-refractivity contribution in [3.05, 3.63) is 17.5 Å². The van der Waals surface area contributed by atoms with Gasteiger partial charge in [0, 0.05) is 38.3 Å². The van der Waals surface area contributed by atoms with E-state index in [9.17, 15) is 9.90 Å². The molecule has 1 saturated heterocycles. The van der Waals surface area contributed by atoms with Crippen LogP contribution in [0.2, 0.25) is 0 Å². The van der Waals surface area contributed by atoms with Gasteiger partial charge in [0.05, 0.1) is 5.60 Å². The summed E-state index contributed by atoms with van der Waals surface area (Å²) in [7, 11) is 0. The van der Waals surface area contributed by atoms with Crippen molar-refractivity contribution < 1.29 is 19.7 Å². The van der Waals surface area contributed by atoms with E-state index in [1.807, 2.05) is 0 Å². The lowest BCUT2D eigenvalue weighted by molar-refractivity contribution is -0.0544. The Bertz CT molecular complexity index is 472. The molecule has 19 heavy (non-hydrogen) atoms. The molecule has 1 fully saturated rings. The molecule has 0 bridgehead atoms. The molecular weight excluding hydrogens is 250 g/mol. The van der Waals surface area contributed by atoms with E-state index in [0.717, 1.165) is 0 Å². The van der Waals surface area contributed by atoms with Gasteiger partial charge in [-0.05, 0) is 13.0 Å². The third-order valence-electron chi connectivity index (χ3n) is 3.07. The molecule has 0 spiro atoms. The van der Waals surface area contributed by atoms with Crippen LogP contribution in [-0.2, 0) is 4.74 Å². The zero-order valence-electron chi connectivity index (χ0n) is 10.7. The van der Waals surface area contributed by atoms with Gasteiger partial charge in [0.25, 0.3) is 0 Å². The third-order valence-corrected chi connectivity index (χ3v) is 3.07. The first-order chi connectivity index (χ1) is 8.98. The Labute approximate surface area is 110 Å². The molecule has 1 aromatic rings. The first-order valence-corrected chi connectivity index (χ1v) is 6.11. The van der Waals surface area contributed by atoms with Crippen molar-refractivity contribution in [3.8, 4) is 0 Å². The maximum Gasteiger partial charge on any atom is 0.354 e. The lowest BCUT2D eigenvalue weighted by atomic mass is 9.94. The second kappa shape index (κ2) is 5.50. The van der Waals surface area contributed by atoms with Crippen molar-refractivity contribution in [2.24, 2.45) is 0 Å². The number of carboxylic acid groups (broad SMARTS) is 1. The first kappa shape index (κ1) is 13.7. The van der Waals surface area contributed by atoms with Gasteiger partial charge in [-0.2, -0.15) is 0 Å². The van der Waals surface area contributed by atoms with Crippen LogP contribution in [0.4, 0.5) is 5.95 Å². The summed E-state index contributed by atoms with van der Waals surface area (Å²) in [6.07, 6.45) is 1.08. The summed E-state index contributed by atoms with van der Waals surface area (Å²) in [5, 5.41) is 22.1. The zero-order chi connectivity index (χ0) is 13.9. The van der Waals surface area contributed by atoms with Crippen LogP contribution < -0.4 is 5.32 Å². The quantitative estimate of drug-likeness (QED) is 0.726. The van der Waals surface area contributed by atoms with Gasteiger partial charge in [-0.15, -0.1) is 0 Å². The second-order valence-corrected chi connectivity index (χ2v) is 4.71. The Morgan fingerprint density at radius 3 is 2.79 bits per heavy atom. The fraction of sp³-hybridized carbons (Fsp3) is 0.583. The molecule has 0 radical (unpaired) electrons. The number of nitrogens with one attached hydrogen (secondary N) is 1. The summed E-state index contributed by atoms with van der Waals surface area (Å²) in [4.78, 5) is 18.9. The van der Waals surface area contributed by atoms with Crippen molar-refractivity contribution >= 4 is 11.9 Å². The number of hydrogen-bond donors (Lipinski definition) is 3. The lowest BCUT2D eigenvalue weighted by Crippen LogP contribution is -2.42. The van der Waals surface area contributed by atoms with Crippen molar-refractivity contribution in [3.63, 3.8) is 0 Å². The van der Waals surface area contributed by atoms with Crippen LogP contribution >= 0.6 is 0 Å². The summed E-state index contributed by atoms with van der Waals surface area (Å²) in [5.41, 5.74) is -0.350. The van der Waals surface area contributed by atoms with Crippen molar-refractivity contribution in [2.45, 2.75) is 25.4 Å². The topological polar surface area (TPSA) is 105 Å². The largest absolute Gasteiger partial charge is 0.477 e. The number of anilines is 1. The number of nitrogens with zero attached hydrogens (tertiary/aromatic N) is 2. The van der Waals surface area contributed by atoms with E-state index in [4.69, 9.17) is 9.84 Å². The third kappa shape index (κ3) is 3.62. The van der Waals surface area contributed by atoms with Crippen LogP contribution in [0.15, 0.2) is 6.07 Å². The van der Waals surface area contributed by atoms with Crippen molar-refractivity contribution in [1.82, 2.24) is 9.97 Å². The minimum Gasteiger partial charge on any atom is -0.477 e. The van der Waals surface area contributed by atoms with E-state index >= 15 is 0 Å². The molecule has 1 aromatic heterocycles. The summed E-state index contributed by atoms with van der Waals surface area (Å²) < 4.78 is 5.19. The van der Waals surface area contributed by atoms with E-state index in [0.29, 0.717) is 31.7 Å². The highest BCUT2D eigenvalue weighted by Crippen LogP contribution is 2.20. The van der Waals surface area contributed by atoms with Crippen LogP contribution in [0.3, 0.4) is 0 Å². The summed E-state index contributed by atoms with van der Waals surface area (Å²) in [5.74, 6) is -0.879. The molecule has 2 heterocycles. The van der Waals surface area contributed by atoms with Gasteiger partial charge >= 0.3 is 5.97 Å². The zero-order valence-corrected chi connectivity index (χ0v) is 10.7. The minimum atomic E-state index is -1.10. The number of carbonyl (C=O) groups is 1. The maximum absolute atomic E-state index is 10.9. The number of hydrogen-bond acceptors (Lipinski definition) is 6. The molecule has 0 atom stereocenters. The van der Waals surface area contributed by atoms with E-state index in [1.54, 1.807) is 6.92 Å². The molecule has 7 nitrogen and oxygen atoms in total. The van der Waals surface area contributed by atoms with E-state index in [-0.39, 0.29) is 18.2 Å². The van der Waals surface area contributed by atoms with Crippen LogP contribution in [-0.4, -0.2) is 51.5 Å². The van der Waals surface area contributed by atoms with Gasteiger partial charge in [-0.3, -0.25) is 0 Å². The molecule has 0 unspecified atom stereocenters. The van der Waals surface area contributed by atoms with E-state index in [2.05, 4.69) is 15.3 Å². The van der Waals surface area contributed by atoms with Crippen LogP contribution in [0.5, 0.6) is 0 Å². The van der Waals surface area contributed by atoms with Crippen LogP contribution in [0.1, 0.15) is 29.0 Å².